The van der Waals surface area contributed by atoms with Crippen molar-refractivity contribution in [3.8, 4) is 0 Å². The van der Waals surface area contributed by atoms with Crippen LogP contribution in [0.15, 0.2) is 18.2 Å². The van der Waals surface area contributed by atoms with E-state index in [2.05, 4.69) is 9.55 Å². The first-order chi connectivity index (χ1) is 7.25. The number of benzene rings is 1. The molecule has 0 atom stereocenters. The molecule has 0 bridgehead atoms. The number of nitrogens with one attached hydrogen (secondary N) is 1. The Morgan fingerprint density at radius 1 is 1.40 bits per heavy atom. The maximum atomic E-state index is 13.2. The second-order valence-electron chi connectivity index (χ2n) is 4.05. The summed E-state index contributed by atoms with van der Waals surface area (Å²) >= 11 is 5.26. The summed E-state index contributed by atoms with van der Waals surface area (Å²) < 4.78 is 15.9. The average Bonchev–Trinajstić information content (AvgIpc) is 2.42. The quantitative estimate of drug-likeness (QED) is 0.732. The lowest BCUT2D eigenvalue weighted by Gasteiger charge is -2.27. The fraction of sp³-hybridized carbons (Fsp3) is 0.364. The van der Waals surface area contributed by atoms with Crippen molar-refractivity contribution in [2.75, 3.05) is 0 Å². The molecule has 0 amide bonds. The van der Waals surface area contributed by atoms with Gasteiger partial charge in [0.25, 0.3) is 0 Å². The molecule has 2 aromatic rings. The minimum atomic E-state index is -0.204. The van der Waals surface area contributed by atoms with E-state index in [9.17, 15) is 4.39 Å². The zero-order chi connectivity index (χ0) is 10.4. The first-order valence-corrected chi connectivity index (χ1v) is 5.56. The number of nitrogens with zero attached hydrogens (tertiary/aromatic N) is 1. The number of hydrogen-bond donors (Lipinski definition) is 1. The molecule has 0 spiro atoms. The van der Waals surface area contributed by atoms with Crippen LogP contribution in [0.25, 0.3) is 11.0 Å². The van der Waals surface area contributed by atoms with E-state index in [0.29, 0.717) is 10.8 Å². The third-order valence-corrected chi connectivity index (χ3v) is 3.42. The van der Waals surface area contributed by atoms with Gasteiger partial charge in [0.2, 0.25) is 0 Å². The monoisotopic (exact) mass is 222 g/mol. The molecule has 3 rings (SSSR count). The van der Waals surface area contributed by atoms with Crippen LogP contribution in [0.4, 0.5) is 4.39 Å². The van der Waals surface area contributed by atoms with Gasteiger partial charge >= 0.3 is 0 Å². The Kier molecular flexibility index (Phi) is 1.92. The van der Waals surface area contributed by atoms with Crippen molar-refractivity contribution in [3.05, 3.63) is 28.8 Å². The van der Waals surface area contributed by atoms with E-state index in [1.54, 1.807) is 12.1 Å². The van der Waals surface area contributed by atoms with Gasteiger partial charge in [-0.2, -0.15) is 0 Å². The first-order valence-electron chi connectivity index (χ1n) is 5.15. The van der Waals surface area contributed by atoms with Crippen LogP contribution >= 0.6 is 12.2 Å². The van der Waals surface area contributed by atoms with E-state index < -0.39 is 0 Å². The highest BCUT2D eigenvalue weighted by molar-refractivity contribution is 7.71. The number of aromatic amines is 1. The van der Waals surface area contributed by atoms with Gasteiger partial charge in [-0.3, -0.25) is 0 Å². The Hall–Kier alpha value is -1.16. The zero-order valence-electron chi connectivity index (χ0n) is 8.16. The van der Waals surface area contributed by atoms with Gasteiger partial charge in [0, 0.05) is 6.04 Å². The molecule has 1 aromatic carbocycles. The standard InChI is InChI=1S/C11H11FN2S/c12-7-4-5-9-10(6-7)14(11(15)13-9)8-2-1-3-8/h4-6,8H,1-3H2,(H,13,15). The van der Waals surface area contributed by atoms with E-state index in [1.165, 1.54) is 12.5 Å². The van der Waals surface area contributed by atoms with Crippen molar-refractivity contribution in [3.63, 3.8) is 0 Å². The van der Waals surface area contributed by atoms with Crippen LogP contribution in [0.3, 0.4) is 0 Å². The molecule has 78 valence electrons. The van der Waals surface area contributed by atoms with Crippen LogP contribution in [0.5, 0.6) is 0 Å². The molecule has 1 saturated carbocycles. The molecule has 0 unspecified atom stereocenters. The summed E-state index contributed by atoms with van der Waals surface area (Å²) in [6, 6.07) is 5.22. The molecular weight excluding hydrogens is 211 g/mol. The number of H-pyrrole nitrogens is 1. The minimum Gasteiger partial charge on any atom is -0.331 e. The fourth-order valence-corrected chi connectivity index (χ4v) is 2.46. The normalized spacial score (nSPS) is 16.9. The average molecular weight is 222 g/mol. The molecule has 1 heterocycles. The van der Waals surface area contributed by atoms with Crippen LogP contribution in [-0.4, -0.2) is 9.55 Å². The highest BCUT2D eigenvalue weighted by Gasteiger charge is 2.22. The number of rotatable bonds is 1. The van der Waals surface area contributed by atoms with Gasteiger partial charge in [-0.25, -0.2) is 4.39 Å². The maximum absolute atomic E-state index is 13.2. The lowest BCUT2D eigenvalue weighted by Crippen LogP contribution is -2.16. The highest BCUT2D eigenvalue weighted by atomic mass is 32.1. The Balaban J connectivity index is 2.29. The zero-order valence-corrected chi connectivity index (χ0v) is 8.98. The van der Waals surface area contributed by atoms with Crippen LogP contribution in [0, 0.1) is 10.6 Å². The Morgan fingerprint density at radius 2 is 2.20 bits per heavy atom. The second kappa shape index (κ2) is 3.17. The number of hydrogen-bond acceptors (Lipinski definition) is 1. The smallest absolute Gasteiger partial charge is 0.178 e. The molecule has 0 radical (unpaired) electrons. The van der Waals surface area contributed by atoms with Crippen LogP contribution < -0.4 is 0 Å². The summed E-state index contributed by atoms with van der Waals surface area (Å²) in [7, 11) is 0. The topological polar surface area (TPSA) is 20.7 Å². The van der Waals surface area contributed by atoms with E-state index >= 15 is 0 Å². The van der Waals surface area contributed by atoms with E-state index in [1.807, 2.05) is 0 Å². The number of fused-ring (bicyclic) bond motifs is 1. The summed E-state index contributed by atoms with van der Waals surface area (Å²) in [5.41, 5.74) is 1.82. The summed E-state index contributed by atoms with van der Waals surface area (Å²) in [4.78, 5) is 3.11. The maximum Gasteiger partial charge on any atom is 0.178 e. The Bertz CT molecular complexity index is 565. The Labute approximate surface area is 91.7 Å². The molecule has 4 heteroatoms. The molecule has 15 heavy (non-hydrogen) atoms. The second-order valence-corrected chi connectivity index (χ2v) is 4.43. The lowest BCUT2D eigenvalue weighted by atomic mass is 9.93. The predicted molar refractivity (Wildman–Crippen MR) is 60.0 cm³/mol. The Morgan fingerprint density at radius 3 is 2.87 bits per heavy atom. The number of aromatic nitrogens is 2. The number of imidazole rings is 1. The first kappa shape index (κ1) is 9.09. The molecule has 1 aromatic heterocycles. The van der Waals surface area contributed by atoms with Crippen LogP contribution in [-0.2, 0) is 0 Å². The third kappa shape index (κ3) is 1.32. The molecule has 1 N–H and O–H groups in total. The number of halogens is 1. The van der Waals surface area contributed by atoms with Crippen molar-refractivity contribution in [1.29, 1.82) is 0 Å². The van der Waals surface area contributed by atoms with Crippen molar-refractivity contribution >= 4 is 23.3 Å². The van der Waals surface area contributed by atoms with E-state index in [0.717, 1.165) is 23.9 Å². The molecule has 2 nitrogen and oxygen atoms in total. The molecule has 1 fully saturated rings. The molecule has 1 aliphatic carbocycles. The molecule has 0 aliphatic heterocycles. The van der Waals surface area contributed by atoms with Crippen LogP contribution in [0.2, 0.25) is 0 Å². The van der Waals surface area contributed by atoms with Crippen molar-refractivity contribution < 1.29 is 4.39 Å². The summed E-state index contributed by atoms with van der Waals surface area (Å²) in [5.74, 6) is -0.204. The van der Waals surface area contributed by atoms with Crippen molar-refractivity contribution in [1.82, 2.24) is 9.55 Å². The fourth-order valence-electron chi connectivity index (χ4n) is 2.10. The van der Waals surface area contributed by atoms with E-state index in [4.69, 9.17) is 12.2 Å². The molecule has 0 saturated heterocycles. The highest BCUT2D eigenvalue weighted by Crippen LogP contribution is 2.34. The van der Waals surface area contributed by atoms with Gasteiger partial charge in [-0.05, 0) is 49.7 Å². The van der Waals surface area contributed by atoms with Gasteiger partial charge in [0.1, 0.15) is 5.82 Å². The van der Waals surface area contributed by atoms with Gasteiger partial charge in [0.05, 0.1) is 11.0 Å². The van der Waals surface area contributed by atoms with Gasteiger partial charge in [-0.15, -0.1) is 0 Å². The van der Waals surface area contributed by atoms with Gasteiger partial charge in [-0.1, -0.05) is 0 Å². The SMILES string of the molecule is Fc1ccc2[nH]c(=S)n(C3CCC3)c2c1. The van der Waals surface area contributed by atoms with Crippen molar-refractivity contribution in [2.24, 2.45) is 0 Å². The molecule has 1 aliphatic rings. The molecular formula is C11H11FN2S. The summed E-state index contributed by atoms with van der Waals surface area (Å²) in [5, 5.41) is 0. The summed E-state index contributed by atoms with van der Waals surface area (Å²) in [6.07, 6.45) is 3.55. The van der Waals surface area contributed by atoms with Gasteiger partial charge in [0.15, 0.2) is 4.77 Å². The lowest BCUT2D eigenvalue weighted by molar-refractivity contribution is 0.317. The third-order valence-electron chi connectivity index (χ3n) is 3.12. The van der Waals surface area contributed by atoms with Crippen molar-refractivity contribution in [2.45, 2.75) is 25.3 Å². The van der Waals surface area contributed by atoms with Gasteiger partial charge < -0.3 is 9.55 Å². The predicted octanol–water partition coefficient (Wildman–Crippen LogP) is 3.56. The van der Waals surface area contributed by atoms with E-state index in [-0.39, 0.29) is 5.82 Å². The van der Waals surface area contributed by atoms with Crippen LogP contribution in [0.1, 0.15) is 25.3 Å². The minimum absolute atomic E-state index is 0.204. The summed E-state index contributed by atoms with van der Waals surface area (Å²) in [6.45, 7) is 0. The largest absolute Gasteiger partial charge is 0.331 e.